The van der Waals surface area contributed by atoms with Crippen LogP contribution < -0.4 is 4.74 Å². The Kier molecular flexibility index (Phi) is 6.55. The van der Waals surface area contributed by atoms with Gasteiger partial charge in [0.05, 0.1) is 10.9 Å². The number of nitrogens with zero attached hydrogens (tertiary/aromatic N) is 1. The Bertz CT molecular complexity index is 807. The van der Waals surface area contributed by atoms with Gasteiger partial charge < -0.3 is 9.64 Å². The van der Waals surface area contributed by atoms with Gasteiger partial charge in [-0.15, -0.1) is 0 Å². The van der Waals surface area contributed by atoms with Gasteiger partial charge in [0.2, 0.25) is 0 Å². The fourth-order valence-electron chi connectivity index (χ4n) is 2.81. The molecule has 3 aromatic carbocycles. The van der Waals surface area contributed by atoms with Crippen molar-refractivity contribution in [3.8, 4) is 5.75 Å². The van der Waals surface area contributed by atoms with E-state index < -0.39 is 0 Å². The predicted octanol–water partition coefficient (Wildman–Crippen LogP) is 5.62. The van der Waals surface area contributed by atoms with Crippen LogP contribution in [0.1, 0.15) is 13.8 Å². The minimum absolute atomic E-state index is 0.198. The average Bonchev–Trinajstić information content (AvgIpc) is 2.72. The molecule has 0 saturated carbocycles. The molecular weight excluding hydrogens is 354 g/mol. The van der Waals surface area contributed by atoms with Crippen LogP contribution in [0.3, 0.4) is 0 Å². The van der Waals surface area contributed by atoms with Gasteiger partial charge in [0.15, 0.2) is 14.7 Å². The molecule has 1 amide bonds. The third-order valence-corrected chi connectivity index (χ3v) is 6.47. The van der Waals surface area contributed by atoms with Crippen LogP contribution in [-0.2, 0) is 10.9 Å². The van der Waals surface area contributed by atoms with Gasteiger partial charge in [-0.05, 0) is 62.4 Å². The van der Waals surface area contributed by atoms with E-state index in [9.17, 15) is 4.79 Å². The summed E-state index contributed by atoms with van der Waals surface area (Å²) in [7, 11) is -0.198. The van der Waals surface area contributed by atoms with E-state index in [1.165, 1.54) is 14.7 Å². The number of hydrogen-bond donors (Lipinski definition) is 0. The highest BCUT2D eigenvalue weighted by Gasteiger charge is 2.28. The third-order valence-electron chi connectivity index (χ3n) is 4.24. The summed E-state index contributed by atoms with van der Waals surface area (Å²) >= 11 is 0. The molecule has 0 aliphatic rings. The number of amides is 1. The summed E-state index contributed by atoms with van der Waals surface area (Å²) in [5.74, 6) is 0.570. The zero-order valence-electron chi connectivity index (χ0n) is 15.7. The highest BCUT2D eigenvalue weighted by molar-refractivity contribution is 7.97. The molecule has 0 aliphatic heterocycles. The molecule has 0 heterocycles. The van der Waals surface area contributed by atoms with Gasteiger partial charge in [-0.3, -0.25) is 0 Å². The van der Waals surface area contributed by atoms with Crippen molar-refractivity contribution in [1.29, 1.82) is 0 Å². The number of rotatable bonds is 6. The lowest BCUT2D eigenvalue weighted by Gasteiger charge is -2.17. The predicted molar refractivity (Wildman–Crippen MR) is 110 cm³/mol. The van der Waals surface area contributed by atoms with E-state index in [4.69, 9.17) is 4.74 Å². The van der Waals surface area contributed by atoms with Crippen molar-refractivity contribution in [2.45, 2.75) is 28.5 Å². The fraction of sp³-hybridized carbons (Fsp3) is 0.174. The van der Waals surface area contributed by atoms with Gasteiger partial charge >= 0.3 is 6.09 Å². The average molecular weight is 379 g/mol. The molecule has 0 N–H and O–H groups in total. The Morgan fingerprint density at radius 2 is 1.19 bits per heavy atom. The molecule has 3 nitrogen and oxygen atoms in total. The van der Waals surface area contributed by atoms with Crippen LogP contribution in [0.5, 0.6) is 5.75 Å². The van der Waals surface area contributed by atoms with Crippen molar-refractivity contribution in [2.24, 2.45) is 0 Å². The lowest BCUT2D eigenvalue weighted by molar-refractivity contribution is 0.157. The van der Waals surface area contributed by atoms with Crippen LogP contribution in [0.2, 0.25) is 0 Å². The molecule has 0 unspecified atom stereocenters. The van der Waals surface area contributed by atoms with Crippen molar-refractivity contribution in [1.82, 2.24) is 4.90 Å². The summed E-state index contributed by atoms with van der Waals surface area (Å²) in [6.45, 7) is 5.16. The fourth-order valence-corrected chi connectivity index (χ4v) is 4.90. The first kappa shape index (κ1) is 19.1. The zero-order chi connectivity index (χ0) is 19.1. The van der Waals surface area contributed by atoms with Crippen molar-refractivity contribution in [2.75, 3.05) is 13.1 Å². The molecule has 138 valence electrons. The monoisotopic (exact) mass is 378 g/mol. The lowest BCUT2D eigenvalue weighted by atomic mass is 10.3. The lowest BCUT2D eigenvalue weighted by Crippen LogP contribution is -2.33. The molecule has 3 aromatic rings. The SMILES string of the molecule is CCN(CC)C(=O)Oc1ccc([S+](c2ccccc2)c2ccccc2)cc1. The Morgan fingerprint density at radius 1 is 0.741 bits per heavy atom. The molecule has 0 spiro atoms. The zero-order valence-corrected chi connectivity index (χ0v) is 16.5. The molecule has 4 heteroatoms. The smallest absolute Gasteiger partial charge is 0.410 e. The largest absolute Gasteiger partial charge is 0.415 e. The number of carbonyl (C=O) groups excluding carboxylic acids is 1. The molecule has 3 rings (SSSR count). The van der Waals surface area contributed by atoms with Crippen LogP contribution in [-0.4, -0.2) is 24.1 Å². The standard InChI is InChI=1S/C23H24NO2S/c1-3-24(4-2)23(25)26-19-15-17-22(18-16-19)27(20-11-7-5-8-12-20)21-13-9-6-10-14-21/h5-18H,3-4H2,1-2H3/q+1. The molecule has 0 fully saturated rings. The van der Waals surface area contributed by atoms with E-state index in [1.807, 2.05) is 50.2 Å². The molecular formula is C23H24NO2S+. The first-order valence-electron chi connectivity index (χ1n) is 9.14. The molecule has 0 aromatic heterocycles. The summed E-state index contributed by atoms with van der Waals surface area (Å²) in [6.07, 6.45) is -0.308. The van der Waals surface area contributed by atoms with E-state index in [0.717, 1.165) is 0 Å². The Hall–Kier alpha value is -2.72. The van der Waals surface area contributed by atoms with E-state index in [-0.39, 0.29) is 17.0 Å². The van der Waals surface area contributed by atoms with Crippen molar-refractivity contribution in [3.63, 3.8) is 0 Å². The number of ether oxygens (including phenoxy) is 1. The second-order valence-electron chi connectivity index (χ2n) is 5.94. The van der Waals surface area contributed by atoms with E-state index >= 15 is 0 Å². The minimum Gasteiger partial charge on any atom is -0.410 e. The molecule has 0 atom stereocenters. The maximum atomic E-state index is 12.1. The first-order valence-corrected chi connectivity index (χ1v) is 10.4. The maximum Gasteiger partial charge on any atom is 0.415 e. The van der Waals surface area contributed by atoms with Crippen molar-refractivity contribution in [3.05, 3.63) is 84.9 Å². The molecule has 0 bridgehead atoms. The van der Waals surface area contributed by atoms with Crippen LogP contribution in [0, 0.1) is 0 Å². The highest BCUT2D eigenvalue weighted by atomic mass is 32.2. The minimum atomic E-state index is -0.308. The van der Waals surface area contributed by atoms with E-state index in [1.54, 1.807) is 4.90 Å². The maximum absolute atomic E-state index is 12.1. The van der Waals surface area contributed by atoms with Gasteiger partial charge in [-0.2, -0.15) is 0 Å². The normalized spacial score (nSPS) is 10.6. The van der Waals surface area contributed by atoms with Gasteiger partial charge in [-0.25, -0.2) is 4.79 Å². The number of hydrogen-bond acceptors (Lipinski definition) is 2. The Morgan fingerprint density at radius 3 is 1.63 bits per heavy atom. The molecule has 27 heavy (non-hydrogen) atoms. The Labute approximate surface area is 163 Å². The third kappa shape index (κ3) is 4.72. The summed E-state index contributed by atoms with van der Waals surface area (Å²) in [6, 6.07) is 28.8. The molecule has 0 saturated heterocycles. The van der Waals surface area contributed by atoms with E-state index in [2.05, 4.69) is 48.5 Å². The second kappa shape index (κ2) is 9.28. The van der Waals surface area contributed by atoms with Crippen LogP contribution in [0.4, 0.5) is 4.79 Å². The van der Waals surface area contributed by atoms with Crippen molar-refractivity contribution < 1.29 is 9.53 Å². The van der Waals surface area contributed by atoms with Gasteiger partial charge in [0.1, 0.15) is 5.75 Å². The Balaban J connectivity index is 1.87. The summed E-state index contributed by atoms with van der Waals surface area (Å²) in [5.41, 5.74) is 0. The van der Waals surface area contributed by atoms with E-state index in [0.29, 0.717) is 18.8 Å². The van der Waals surface area contributed by atoms with Gasteiger partial charge in [-0.1, -0.05) is 36.4 Å². The van der Waals surface area contributed by atoms with Gasteiger partial charge in [0, 0.05) is 13.1 Å². The highest BCUT2D eigenvalue weighted by Crippen LogP contribution is 2.31. The number of benzene rings is 3. The summed E-state index contributed by atoms with van der Waals surface area (Å²) in [4.78, 5) is 17.5. The molecule has 0 aliphatic carbocycles. The van der Waals surface area contributed by atoms with Gasteiger partial charge in [0.25, 0.3) is 0 Å². The summed E-state index contributed by atoms with van der Waals surface area (Å²) in [5, 5.41) is 0. The second-order valence-corrected chi connectivity index (χ2v) is 7.97. The quantitative estimate of drug-likeness (QED) is 0.521. The topological polar surface area (TPSA) is 29.5 Å². The van der Waals surface area contributed by atoms with Crippen LogP contribution in [0.15, 0.2) is 99.6 Å². The summed E-state index contributed by atoms with van der Waals surface area (Å²) < 4.78 is 5.49. The van der Waals surface area contributed by atoms with Crippen molar-refractivity contribution >= 4 is 17.0 Å². The molecule has 0 radical (unpaired) electrons. The van der Waals surface area contributed by atoms with Crippen LogP contribution in [0.25, 0.3) is 0 Å². The number of carbonyl (C=O) groups is 1. The van der Waals surface area contributed by atoms with Crippen LogP contribution >= 0.6 is 0 Å². The first-order chi connectivity index (χ1) is 13.2.